The maximum Gasteiger partial charge on any atom is 0.194 e. The van der Waals surface area contributed by atoms with Gasteiger partial charge in [-0.05, 0) is 25.0 Å². The van der Waals surface area contributed by atoms with E-state index in [-0.39, 0.29) is 5.41 Å². The lowest BCUT2D eigenvalue weighted by atomic mass is 9.92. The molecule has 0 unspecified atom stereocenters. The van der Waals surface area contributed by atoms with Crippen LogP contribution in [0.3, 0.4) is 0 Å². The lowest BCUT2D eigenvalue weighted by Gasteiger charge is -2.16. The Morgan fingerprint density at radius 2 is 1.36 bits per heavy atom. The van der Waals surface area contributed by atoms with Crippen LogP contribution in [0.4, 0.5) is 0 Å². The summed E-state index contributed by atoms with van der Waals surface area (Å²) in [6.07, 6.45) is 1.83. The maximum atomic E-state index is 8.81. The average molecular weight is 347 g/mol. The summed E-state index contributed by atoms with van der Waals surface area (Å²) in [6, 6.07) is 16.3. The van der Waals surface area contributed by atoms with E-state index in [9.17, 15) is 0 Å². The molecule has 25 heavy (non-hydrogen) atoms. The van der Waals surface area contributed by atoms with Gasteiger partial charge in [0.05, 0.1) is 0 Å². The van der Waals surface area contributed by atoms with E-state index in [4.69, 9.17) is 10.1 Å². The van der Waals surface area contributed by atoms with Crippen LogP contribution in [0.5, 0.6) is 0 Å². The minimum Gasteiger partial charge on any atom is -0.265 e. The summed E-state index contributed by atoms with van der Waals surface area (Å²) in [7, 11) is 0.889. The van der Waals surface area contributed by atoms with E-state index in [1.807, 2.05) is 36.5 Å². The Kier molecular flexibility index (Phi) is 14.2. The van der Waals surface area contributed by atoms with Crippen LogP contribution in [-0.4, -0.2) is 17.0 Å². The Bertz CT molecular complexity index is 540. The van der Waals surface area contributed by atoms with Crippen LogP contribution in [-0.2, 0) is 5.41 Å². The highest BCUT2D eigenvalue weighted by atomic mass is 16.6. The minimum absolute atomic E-state index is 0.182. The van der Waals surface area contributed by atoms with Crippen LogP contribution in [0.15, 0.2) is 54.7 Å². The van der Waals surface area contributed by atoms with E-state index in [0.29, 0.717) is 0 Å². The molecule has 4 nitrogen and oxygen atoms in total. The van der Waals surface area contributed by atoms with Crippen molar-refractivity contribution in [1.29, 1.82) is 0 Å². The third-order valence-electron chi connectivity index (χ3n) is 2.37. The van der Waals surface area contributed by atoms with Gasteiger partial charge in [0.1, 0.15) is 0 Å². The van der Waals surface area contributed by atoms with Gasteiger partial charge in [-0.1, -0.05) is 83.5 Å². The number of pyridine rings is 1. The van der Waals surface area contributed by atoms with Gasteiger partial charge in [-0.2, -0.15) is 0 Å². The molecule has 140 valence electrons. The molecule has 0 fully saturated rings. The molecular weight excluding hydrogens is 312 g/mol. The second-order valence-electron chi connectivity index (χ2n) is 7.29. The van der Waals surface area contributed by atoms with Crippen molar-refractivity contribution in [3.63, 3.8) is 0 Å². The highest BCUT2D eigenvalue weighted by Gasteiger charge is 2.13. The summed E-state index contributed by atoms with van der Waals surface area (Å²) < 4.78 is 0. The number of aromatic nitrogens is 1. The number of nitro groups is 1. The van der Waals surface area contributed by atoms with Crippen molar-refractivity contribution in [2.45, 2.75) is 53.9 Å². The van der Waals surface area contributed by atoms with Gasteiger partial charge in [0.15, 0.2) is 7.05 Å². The SMILES string of the molecule is CC(C)(C)c1ccccn1.CC(C)C.C[N+](=O)[O-].Cc1ccccc1. The van der Waals surface area contributed by atoms with Crippen molar-refractivity contribution in [1.82, 2.24) is 4.98 Å². The fraction of sp³-hybridized carbons (Fsp3) is 0.476. The van der Waals surface area contributed by atoms with Crippen molar-refractivity contribution >= 4 is 0 Å². The lowest BCUT2D eigenvalue weighted by Crippen LogP contribution is -2.12. The Morgan fingerprint density at radius 1 is 0.960 bits per heavy atom. The topological polar surface area (TPSA) is 56.0 Å². The number of benzene rings is 1. The highest BCUT2D eigenvalue weighted by molar-refractivity contribution is 5.12. The van der Waals surface area contributed by atoms with Crippen LogP contribution in [0, 0.1) is 23.0 Å². The van der Waals surface area contributed by atoms with E-state index in [0.717, 1.165) is 18.7 Å². The molecular formula is C21H34N2O2. The number of aryl methyl sites for hydroxylation is 1. The summed E-state index contributed by atoms with van der Waals surface area (Å²) in [4.78, 5) is 12.6. The fourth-order valence-electron chi connectivity index (χ4n) is 1.34. The first-order valence-electron chi connectivity index (χ1n) is 8.48. The van der Waals surface area contributed by atoms with Gasteiger partial charge >= 0.3 is 0 Å². The van der Waals surface area contributed by atoms with Crippen LogP contribution in [0.2, 0.25) is 0 Å². The smallest absolute Gasteiger partial charge is 0.194 e. The molecule has 0 saturated carbocycles. The predicted molar refractivity (Wildman–Crippen MR) is 108 cm³/mol. The Labute approximate surface area is 153 Å². The largest absolute Gasteiger partial charge is 0.265 e. The molecule has 0 aliphatic carbocycles. The molecule has 0 N–H and O–H groups in total. The van der Waals surface area contributed by atoms with Gasteiger partial charge in [-0.15, -0.1) is 0 Å². The van der Waals surface area contributed by atoms with E-state index in [1.54, 1.807) is 0 Å². The molecule has 0 radical (unpaired) electrons. The quantitative estimate of drug-likeness (QED) is 0.439. The van der Waals surface area contributed by atoms with Crippen LogP contribution >= 0.6 is 0 Å². The second kappa shape index (κ2) is 14.1. The van der Waals surface area contributed by atoms with Crippen molar-refractivity contribution in [3.05, 3.63) is 76.1 Å². The second-order valence-corrected chi connectivity index (χ2v) is 7.29. The first kappa shape index (κ1) is 25.0. The molecule has 0 atom stereocenters. The van der Waals surface area contributed by atoms with Crippen LogP contribution in [0.25, 0.3) is 0 Å². The summed E-state index contributed by atoms with van der Waals surface area (Å²) in [5.41, 5.74) is 2.65. The van der Waals surface area contributed by atoms with Crippen LogP contribution in [0.1, 0.15) is 52.8 Å². The molecule has 0 aliphatic rings. The molecule has 2 rings (SSSR count). The average Bonchev–Trinajstić information content (AvgIpc) is 2.47. The van der Waals surface area contributed by atoms with Crippen molar-refractivity contribution in [2.75, 3.05) is 7.05 Å². The van der Waals surface area contributed by atoms with E-state index >= 15 is 0 Å². The van der Waals surface area contributed by atoms with E-state index in [1.165, 1.54) is 5.56 Å². The molecule has 1 aromatic heterocycles. The molecule has 0 spiro atoms. The van der Waals surface area contributed by atoms with Gasteiger partial charge in [0, 0.05) is 22.2 Å². The minimum atomic E-state index is -0.500. The fourth-order valence-corrected chi connectivity index (χ4v) is 1.34. The normalized spacial score (nSPS) is 9.48. The molecule has 0 amide bonds. The molecule has 1 aromatic carbocycles. The Balaban J connectivity index is 0. The first-order valence-corrected chi connectivity index (χ1v) is 8.48. The zero-order valence-electron chi connectivity index (χ0n) is 17.0. The monoisotopic (exact) mass is 346 g/mol. The molecule has 4 heteroatoms. The number of nitrogens with zero attached hydrogens (tertiary/aromatic N) is 2. The molecule has 0 bridgehead atoms. The number of rotatable bonds is 0. The van der Waals surface area contributed by atoms with E-state index < -0.39 is 4.92 Å². The van der Waals surface area contributed by atoms with Gasteiger partial charge in [-0.25, -0.2) is 0 Å². The third-order valence-corrected chi connectivity index (χ3v) is 2.37. The summed E-state index contributed by atoms with van der Waals surface area (Å²) in [6.45, 7) is 15.1. The van der Waals surface area contributed by atoms with Crippen molar-refractivity contribution in [2.24, 2.45) is 5.92 Å². The molecule has 2 aromatic rings. The number of hydrogen-bond acceptors (Lipinski definition) is 3. The van der Waals surface area contributed by atoms with E-state index in [2.05, 4.69) is 71.6 Å². The van der Waals surface area contributed by atoms with Crippen molar-refractivity contribution in [3.8, 4) is 0 Å². The first-order chi connectivity index (χ1) is 11.5. The van der Waals surface area contributed by atoms with Gasteiger partial charge in [-0.3, -0.25) is 15.1 Å². The van der Waals surface area contributed by atoms with Gasteiger partial charge in [0.2, 0.25) is 0 Å². The standard InChI is InChI=1S/C9H13N.C7H8.C4H10.CH3NO2/c1-9(2,3)8-6-4-5-7-10-8;1-7-5-3-2-4-6-7;1-4(2)3;1-2(3)4/h4-7H,1-3H3;2-6H,1H3;4H,1-3H3;1H3. The summed E-state index contributed by atoms with van der Waals surface area (Å²) in [5.74, 6) is 0.833. The van der Waals surface area contributed by atoms with Gasteiger partial charge in [0.25, 0.3) is 0 Å². The molecule has 1 heterocycles. The highest BCUT2D eigenvalue weighted by Crippen LogP contribution is 2.18. The van der Waals surface area contributed by atoms with Crippen LogP contribution < -0.4 is 0 Å². The third kappa shape index (κ3) is 21.8. The van der Waals surface area contributed by atoms with Crippen molar-refractivity contribution < 1.29 is 4.92 Å². The Morgan fingerprint density at radius 3 is 1.56 bits per heavy atom. The summed E-state index contributed by atoms with van der Waals surface area (Å²) in [5, 5.41) is 8.81. The lowest BCUT2D eigenvalue weighted by molar-refractivity contribution is -0.445. The summed E-state index contributed by atoms with van der Waals surface area (Å²) >= 11 is 0. The Hall–Kier alpha value is -2.23. The zero-order chi connectivity index (χ0) is 19.9. The molecule has 0 aliphatic heterocycles. The predicted octanol–water partition coefficient (Wildman–Crippen LogP) is 5.93. The number of hydrogen-bond donors (Lipinski definition) is 0. The maximum absolute atomic E-state index is 8.81. The zero-order valence-corrected chi connectivity index (χ0v) is 17.0. The molecule has 0 saturated heterocycles. The van der Waals surface area contributed by atoms with Gasteiger partial charge < -0.3 is 0 Å².